The van der Waals surface area contributed by atoms with Gasteiger partial charge >= 0.3 is 0 Å². The zero-order valence-electron chi connectivity index (χ0n) is 15.0. The number of fused-ring (bicyclic) bond motifs is 2. The molecule has 25 heavy (non-hydrogen) atoms. The van der Waals surface area contributed by atoms with Gasteiger partial charge in [0, 0.05) is 12.5 Å². The van der Waals surface area contributed by atoms with Crippen LogP contribution in [0.25, 0.3) is 0 Å². The fourth-order valence-corrected chi connectivity index (χ4v) is 5.15. The lowest BCUT2D eigenvalue weighted by atomic mass is 9.66. The van der Waals surface area contributed by atoms with E-state index in [9.17, 15) is 5.11 Å². The largest absolute Gasteiger partial charge is 0.380 e. The topological polar surface area (TPSA) is 23.5 Å². The van der Waals surface area contributed by atoms with Crippen molar-refractivity contribution in [2.45, 2.75) is 12.0 Å². The molecule has 1 fully saturated rings. The zero-order chi connectivity index (χ0) is 17.4. The fraction of sp³-hybridized carbons (Fsp3) is 0.391. The minimum atomic E-state index is -0.951. The first kappa shape index (κ1) is 16.6. The van der Waals surface area contributed by atoms with E-state index < -0.39 is 5.60 Å². The molecule has 1 saturated carbocycles. The normalized spacial score (nSPS) is 28.0. The Kier molecular flexibility index (Phi) is 4.26. The van der Waals surface area contributed by atoms with Crippen LogP contribution in [0.2, 0.25) is 0 Å². The maximum atomic E-state index is 12.2. The molecule has 0 heterocycles. The lowest BCUT2D eigenvalue weighted by Gasteiger charge is -2.43. The molecule has 2 aliphatic rings. The summed E-state index contributed by atoms with van der Waals surface area (Å²) >= 11 is 0. The van der Waals surface area contributed by atoms with E-state index in [1.54, 1.807) is 0 Å². The summed E-state index contributed by atoms with van der Waals surface area (Å²) in [5.41, 5.74) is 1.07. The van der Waals surface area contributed by atoms with Crippen LogP contribution in [0.4, 0.5) is 0 Å². The van der Waals surface area contributed by atoms with Crippen molar-refractivity contribution in [3.8, 4) is 0 Å². The second kappa shape index (κ2) is 6.44. The van der Waals surface area contributed by atoms with Gasteiger partial charge in [0.25, 0.3) is 0 Å². The van der Waals surface area contributed by atoms with Crippen LogP contribution in [-0.4, -0.2) is 30.6 Å². The number of hydrogen-bond donors (Lipinski definition) is 1. The Bertz CT molecular complexity index is 698. The minimum Gasteiger partial charge on any atom is -0.380 e. The van der Waals surface area contributed by atoms with Crippen molar-refractivity contribution < 1.29 is 5.11 Å². The lowest BCUT2D eigenvalue weighted by molar-refractivity contribution is -0.0233. The molecule has 0 radical (unpaired) electrons. The molecule has 2 aromatic rings. The van der Waals surface area contributed by atoms with Crippen molar-refractivity contribution in [1.29, 1.82) is 0 Å². The molecule has 2 aliphatic carbocycles. The first-order valence-electron chi connectivity index (χ1n) is 9.27. The smallest absolute Gasteiger partial charge is 0.118 e. The zero-order valence-corrected chi connectivity index (χ0v) is 15.0. The Balaban J connectivity index is 1.85. The monoisotopic (exact) mass is 333 g/mol. The first-order chi connectivity index (χ1) is 12.1. The molecule has 0 spiro atoms. The first-order valence-corrected chi connectivity index (χ1v) is 9.27. The summed E-state index contributed by atoms with van der Waals surface area (Å²) in [6.45, 7) is 1.01. The molecule has 2 heteroatoms. The van der Waals surface area contributed by atoms with Gasteiger partial charge in [0.15, 0.2) is 0 Å². The van der Waals surface area contributed by atoms with Gasteiger partial charge in [0.1, 0.15) is 5.60 Å². The summed E-state index contributed by atoms with van der Waals surface area (Å²) in [7, 11) is 4.27. The second-order valence-corrected chi connectivity index (χ2v) is 7.90. The number of hydrogen-bond acceptors (Lipinski definition) is 2. The Morgan fingerprint density at radius 1 is 0.880 bits per heavy atom. The highest BCUT2D eigenvalue weighted by molar-refractivity contribution is 5.39. The third kappa shape index (κ3) is 2.74. The molecule has 0 aliphatic heterocycles. The van der Waals surface area contributed by atoms with Crippen LogP contribution in [0.1, 0.15) is 17.5 Å². The van der Waals surface area contributed by atoms with Crippen LogP contribution in [0.15, 0.2) is 72.8 Å². The summed E-state index contributed by atoms with van der Waals surface area (Å²) in [5, 5.41) is 12.2. The Labute approximate surface area is 150 Å². The van der Waals surface area contributed by atoms with Crippen LogP contribution in [0.3, 0.4) is 0 Å². The van der Waals surface area contributed by atoms with Gasteiger partial charge in [0.05, 0.1) is 0 Å². The van der Waals surface area contributed by atoms with Gasteiger partial charge < -0.3 is 10.0 Å². The van der Waals surface area contributed by atoms with Crippen LogP contribution in [0.5, 0.6) is 0 Å². The van der Waals surface area contributed by atoms with Gasteiger partial charge in [-0.1, -0.05) is 72.8 Å². The Morgan fingerprint density at radius 3 is 1.92 bits per heavy atom. The fourth-order valence-electron chi connectivity index (χ4n) is 5.15. The number of benzene rings is 2. The third-order valence-corrected chi connectivity index (χ3v) is 6.11. The van der Waals surface area contributed by atoms with Gasteiger partial charge in [-0.15, -0.1) is 0 Å². The van der Waals surface area contributed by atoms with E-state index in [-0.39, 0.29) is 5.92 Å². The molecule has 0 amide bonds. The standard InChI is InChI=1S/C23H27NO/c1-24(2)16-21-17-13-14-18(15-17)22(21)23(25,19-9-5-3-6-10-19)20-11-7-4-8-12-20/h3-14,17-18,21-22,25H,15-16H2,1-2H3/t17-,18+,21-,22+/m0/s1. The van der Waals surface area contributed by atoms with Gasteiger partial charge in [0.2, 0.25) is 0 Å². The van der Waals surface area contributed by atoms with Crippen molar-refractivity contribution in [2.75, 3.05) is 20.6 Å². The van der Waals surface area contributed by atoms with Gasteiger partial charge in [-0.3, -0.25) is 0 Å². The molecule has 4 atom stereocenters. The van der Waals surface area contributed by atoms with Crippen LogP contribution >= 0.6 is 0 Å². The quantitative estimate of drug-likeness (QED) is 0.838. The Hall–Kier alpha value is -1.90. The molecule has 0 aromatic heterocycles. The summed E-state index contributed by atoms with van der Waals surface area (Å²) in [6, 6.07) is 20.5. The average Bonchev–Trinajstić information content (AvgIpc) is 3.24. The van der Waals surface area contributed by atoms with Crippen molar-refractivity contribution in [3.63, 3.8) is 0 Å². The average molecular weight is 333 g/mol. The van der Waals surface area contributed by atoms with Crippen LogP contribution in [0, 0.1) is 23.7 Å². The van der Waals surface area contributed by atoms with E-state index in [1.165, 1.54) is 6.42 Å². The van der Waals surface area contributed by atoms with Crippen LogP contribution < -0.4 is 0 Å². The molecular formula is C23H27NO. The second-order valence-electron chi connectivity index (χ2n) is 7.90. The summed E-state index contributed by atoms with van der Waals surface area (Å²) in [4.78, 5) is 2.27. The Morgan fingerprint density at radius 2 is 1.40 bits per heavy atom. The van der Waals surface area contributed by atoms with E-state index in [4.69, 9.17) is 0 Å². The van der Waals surface area contributed by atoms with E-state index in [0.29, 0.717) is 17.8 Å². The van der Waals surface area contributed by atoms with Crippen molar-refractivity contribution >= 4 is 0 Å². The highest BCUT2D eigenvalue weighted by atomic mass is 16.3. The molecular weight excluding hydrogens is 306 g/mol. The SMILES string of the molecule is CN(C)C[C@@H]1[C@H](C(O)(c2ccccc2)c2ccccc2)[C@@H]2C=C[C@H]1C2. The molecule has 0 unspecified atom stereocenters. The highest BCUT2D eigenvalue weighted by Gasteiger charge is 2.55. The minimum absolute atomic E-state index is 0.203. The summed E-state index contributed by atoms with van der Waals surface area (Å²) < 4.78 is 0. The number of allylic oxidation sites excluding steroid dienone is 2. The lowest BCUT2D eigenvalue weighted by Crippen LogP contribution is -2.45. The van der Waals surface area contributed by atoms with E-state index in [0.717, 1.165) is 17.7 Å². The van der Waals surface area contributed by atoms with E-state index in [2.05, 4.69) is 55.4 Å². The van der Waals surface area contributed by atoms with E-state index >= 15 is 0 Å². The molecule has 130 valence electrons. The molecule has 4 rings (SSSR count). The van der Waals surface area contributed by atoms with Crippen molar-refractivity contribution in [1.82, 2.24) is 4.90 Å². The van der Waals surface area contributed by atoms with Gasteiger partial charge in [-0.25, -0.2) is 0 Å². The molecule has 2 nitrogen and oxygen atoms in total. The van der Waals surface area contributed by atoms with Crippen LogP contribution in [-0.2, 0) is 5.60 Å². The molecule has 1 N–H and O–H groups in total. The summed E-state index contributed by atoms with van der Waals surface area (Å²) in [6.07, 6.45) is 5.90. The van der Waals surface area contributed by atoms with Gasteiger partial charge in [-0.2, -0.15) is 0 Å². The molecule has 0 saturated heterocycles. The van der Waals surface area contributed by atoms with Crippen molar-refractivity contribution in [3.05, 3.63) is 83.9 Å². The number of nitrogens with zero attached hydrogens (tertiary/aromatic N) is 1. The third-order valence-electron chi connectivity index (χ3n) is 6.11. The number of aliphatic hydroxyl groups is 1. The van der Waals surface area contributed by atoms with Crippen molar-refractivity contribution in [2.24, 2.45) is 23.7 Å². The van der Waals surface area contributed by atoms with Gasteiger partial charge in [-0.05, 0) is 49.4 Å². The maximum absolute atomic E-state index is 12.2. The maximum Gasteiger partial charge on any atom is 0.118 e. The molecule has 2 bridgehead atoms. The predicted molar refractivity (Wildman–Crippen MR) is 102 cm³/mol. The van der Waals surface area contributed by atoms with E-state index in [1.807, 2.05) is 36.4 Å². The summed E-state index contributed by atoms with van der Waals surface area (Å²) in [5.74, 6) is 1.70. The number of rotatable bonds is 5. The highest BCUT2D eigenvalue weighted by Crippen LogP contribution is 2.56. The molecule has 2 aromatic carbocycles. The predicted octanol–water partition coefficient (Wildman–Crippen LogP) is 3.92.